The van der Waals surface area contributed by atoms with Gasteiger partial charge in [-0.3, -0.25) is 0 Å². The number of aromatic carboxylic acids is 1. The van der Waals surface area contributed by atoms with Crippen molar-refractivity contribution >= 4 is 38.2 Å². The summed E-state index contributed by atoms with van der Waals surface area (Å²) in [7, 11) is 0. The van der Waals surface area contributed by atoms with Crippen LogP contribution in [0.1, 0.15) is 15.2 Å². The van der Waals surface area contributed by atoms with Crippen LogP contribution in [0.15, 0.2) is 66.7 Å². The van der Waals surface area contributed by atoms with Crippen molar-refractivity contribution in [3.8, 4) is 5.75 Å². The van der Waals surface area contributed by atoms with Crippen LogP contribution in [0.5, 0.6) is 5.75 Å². The van der Waals surface area contributed by atoms with E-state index in [0.717, 1.165) is 21.0 Å². The van der Waals surface area contributed by atoms with E-state index in [2.05, 4.69) is 24.3 Å². The lowest BCUT2D eigenvalue weighted by Crippen LogP contribution is -2.00. The molecule has 0 aliphatic rings. The molecule has 0 spiro atoms. The number of thiophene rings is 1. The fourth-order valence-corrected chi connectivity index (χ4v) is 3.78. The number of carboxylic acids is 1. The quantitative estimate of drug-likeness (QED) is 0.548. The van der Waals surface area contributed by atoms with Gasteiger partial charge in [-0.25, -0.2) is 4.79 Å². The number of ether oxygens (including phenoxy) is 1. The summed E-state index contributed by atoms with van der Waals surface area (Å²) in [5.41, 5.74) is 1.01. The van der Waals surface area contributed by atoms with Crippen molar-refractivity contribution in [2.45, 2.75) is 6.61 Å². The molecule has 3 nitrogen and oxygen atoms in total. The predicted octanol–water partition coefficient (Wildman–Crippen LogP) is 5.33. The van der Waals surface area contributed by atoms with Crippen LogP contribution in [0, 0.1) is 0 Å². The van der Waals surface area contributed by atoms with Gasteiger partial charge in [0.15, 0.2) is 10.6 Å². The van der Waals surface area contributed by atoms with Gasteiger partial charge in [0.25, 0.3) is 0 Å². The average molecular weight is 334 g/mol. The molecular formula is C20H14O3S. The largest absolute Gasteiger partial charge is 0.486 e. The summed E-state index contributed by atoms with van der Waals surface area (Å²) in [5, 5.41) is 12.6. The lowest BCUT2D eigenvalue weighted by Gasteiger charge is -2.08. The Morgan fingerprint density at radius 2 is 1.71 bits per heavy atom. The average Bonchev–Trinajstić information content (AvgIpc) is 2.99. The molecule has 1 heterocycles. The monoisotopic (exact) mass is 334 g/mol. The van der Waals surface area contributed by atoms with Crippen LogP contribution in [0.3, 0.4) is 0 Å². The number of carboxylic acid groups (broad SMARTS) is 1. The highest BCUT2D eigenvalue weighted by molar-refractivity contribution is 7.21. The fourth-order valence-electron chi connectivity index (χ4n) is 2.79. The molecule has 24 heavy (non-hydrogen) atoms. The Labute approximate surface area is 142 Å². The molecule has 0 bridgehead atoms. The lowest BCUT2D eigenvalue weighted by atomic mass is 10.1. The highest BCUT2D eigenvalue weighted by Gasteiger charge is 2.19. The molecule has 4 aromatic rings. The minimum atomic E-state index is -0.954. The highest BCUT2D eigenvalue weighted by atomic mass is 32.1. The van der Waals surface area contributed by atoms with Crippen LogP contribution in [-0.2, 0) is 6.61 Å². The summed E-state index contributed by atoms with van der Waals surface area (Å²) >= 11 is 1.25. The van der Waals surface area contributed by atoms with E-state index < -0.39 is 5.97 Å². The van der Waals surface area contributed by atoms with Crippen LogP contribution in [0.25, 0.3) is 20.9 Å². The number of rotatable bonds is 4. The van der Waals surface area contributed by atoms with Crippen molar-refractivity contribution in [3.05, 3.63) is 77.2 Å². The number of benzene rings is 3. The first-order chi connectivity index (χ1) is 11.7. The van der Waals surface area contributed by atoms with E-state index in [1.54, 1.807) is 0 Å². The fraction of sp³-hybridized carbons (Fsp3) is 0.0500. The Balaban J connectivity index is 1.68. The van der Waals surface area contributed by atoms with E-state index >= 15 is 0 Å². The van der Waals surface area contributed by atoms with Crippen molar-refractivity contribution in [1.29, 1.82) is 0 Å². The topological polar surface area (TPSA) is 46.5 Å². The minimum absolute atomic E-state index is 0.247. The zero-order valence-electron chi connectivity index (χ0n) is 12.7. The molecule has 1 N–H and O–H groups in total. The standard InChI is InChI=1S/C20H14O3S/c21-20(22)19-18(16-7-3-4-8-17(16)24-19)23-12-13-9-10-14-5-1-2-6-15(14)11-13/h1-11H,12H2,(H,21,22). The number of carbonyl (C=O) groups is 1. The third-order valence-corrected chi connectivity index (χ3v) is 5.08. The van der Waals surface area contributed by atoms with Gasteiger partial charge in [-0.05, 0) is 34.5 Å². The van der Waals surface area contributed by atoms with E-state index in [4.69, 9.17) is 4.74 Å². The van der Waals surface area contributed by atoms with E-state index in [1.165, 1.54) is 16.7 Å². The summed E-state index contributed by atoms with van der Waals surface area (Å²) in [6, 6.07) is 21.9. The molecule has 0 unspecified atom stereocenters. The molecule has 0 fully saturated rings. The third kappa shape index (κ3) is 2.61. The first-order valence-corrected chi connectivity index (χ1v) is 8.39. The summed E-state index contributed by atoms with van der Waals surface area (Å²) < 4.78 is 6.84. The Morgan fingerprint density at radius 1 is 0.958 bits per heavy atom. The third-order valence-electron chi connectivity index (χ3n) is 3.94. The van der Waals surface area contributed by atoms with Gasteiger partial charge in [-0.1, -0.05) is 48.5 Å². The van der Waals surface area contributed by atoms with Gasteiger partial charge in [0.05, 0.1) is 0 Å². The summed E-state index contributed by atoms with van der Waals surface area (Å²) in [6.45, 7) is 0.339. The molecule has 0 saturated heterocycles. The van der Waals surface area contributed by atoms with Crippen LogP contribution in [-0.4, -0.2) is 11.1 Å². The second kappa shape index (κ2) is 5.98. The molecule has 0 radical (unpaired) electrons. The van der Waals surface area contributed by atoms with Crippen molar-refractivity contribution in [1.82, 2.24) is 0 Å². The van der Waals surface area contributed by atoms with Gasteiger partial charge < -0.3 is 9.84 Å². The molecule has 4 heteroatoms. The normalized spacial score (nSPS) is 11.0. The Morgan fingerprint density at radius 3 is 2.54 bits per heavy atom. The minimum Gasteiger partial charge on any atom is -0.486 e. The second-order valence-electron chi connectivity index (χ2n) is 5.53. The summed E-state index contributed by atoms with van der Waals surface area (Å²) in [4.78, 5) is 11.8. The number of fused-ring (bicyclic) bond motifs is 2. The maximum atomic E-state index is 11.5. The van der Waals surface area contributed by atoms with Gasteiger partial charge in [-0.15, -0.1) is 11.3 Å². The Kier molecular flexibility index (Phi) is 3.67. The van der Waals surface area contributed by atoms with E-state index in [-0.39, 0.29) is 4.88 Å². The van der Waals surface area contributed by atoms with Crippen molar-refractivity contribution < 1.29 is 14.6 Å². The van der Waals surface area contributed by atoms with Gasteiger partial charge in [-0.2, -0.15) is 0 Å². The van der Waals surface area contributed by atoms with Gasteiger partial charge >= 0.3 is 5.97 Å². The molecule has 0 saturated carbocycles. The zero-order chi connectivity index (χ0) is 16.5. The molecule has 3 aromatic carbocycles. The first-order valence-electron chi connectivity index (χ1n) is 7.58. The van der Waals surface area contributed by atoms with Crippen molar-refractivity contribution in [2.75, 3.05) is 0 Å². The van der Waals surface area contributed by atoms with Crippen LogP contribution in [0.2, 0.25) is 0 Å². The zero-order valence-corrected chi connectivity index (χ0v) is 13.5. The Bertz CT molecular complexity index is 1050. The first kappa shape index (κ1) is 14.7. The molecule has 1 aromatic heterocycles. The Hall–Kier alpha value is -2.85. The molecular weight excluding hydrogens is 320 g/mol. The van der Waals surface area contributed by atoms with Crippen LogP contribution in [0.4, 0.5) is 0 Å². The van der Waals surface area contributed by atoms with Crippen LogP contribution >= 0.6 is 11.3 Å². The van der Waals surface area contributed by atoms with E-state index in [0.29, 0.717) is 12.4 Å². The van der Waals surface area contributed by atoms with E-state index in [9.17, 15) is 9.90 Å². The maximum absolute atomic E-state index is 11.5. The molecule has 118 valence electrons. The lowest BCUT2D eigenvalue weighted by molar-refractivity contribution is 0.0698. The number of hydrogen-bond acceptors (Lipinski definition) is 3. The molecule has 0 atom stereocenters. The van der Waals surface area contributed by atoms with Crippen LogP contribution < -0.4 is 4.74 Å². The van der Waals surface area contributed by atoms with E-state index in [1.807, 2.05) is 42.5 Å². The summed E-state index contributed by atoms with van der Waals surface area (Å²) in [5.74, 6) is -0.499. The van der Waals surface area contributed by atoms with Gasteiger partial charge in [0.2, 0.25) is 0 Å². The van der Waals surface area contributed by atoms with Crippen molar-refractivity contribution in [2.24, 2.45) is 0 Å². The molecule has 4 rings (SSSR count). The smallest absolute Gasteiger partial charge is 0.349 e. The molecule has 0 amide bonds. The summed E-state index contributed by atoms with van der Waals surface area (Å²) in [6.07, 6.45) is 0. The highest BCUT2D eigenvalue weighted by Crippen LogP contribution is 2.38. The SMILES string of the molecule is O=C(O)c1sc2ccccc2c1OCc1ccc2ccccc2c1. The maximum Gasteiger partial charge on any atom is 0.349 e. The van der Waals surface area contributed by atoms with Gasteiger partial charge in [0.1, 0.15) is 6.61 Å². The second-order valence-corrected chi connectivity index (χ2v) is 6.58. The van der Waals surface area contributed by atoms with Gasteiger partial charge in [0, 0.05) is 10.1 Å². The van der Waals surface area contributed by atoms with Crippen molar-refractivity contribution in [3.63, 3.8) is 0 Å². The number of hydrogen-bond donors (Lipinski definition) is 1. The predicted molar refractivity (Wildman–Crippen MR) is 97.1 cm³/mol. The molecule has 0 aliphatic heterocycles. The molecule has 0 aliphatic carbocycles.